The molecule has 6 rings (SSSR count). The summed E-state index contributed by atoms with van der Waals surface area (Å²) >= 11 is 12.4. The van der Waals surface area contributed by atoms with Crippen molar-refractivity contribution in [2.75, 3.05) is 17.7 Å². The van der Waals surface area contributed by atoms with Crippen LogP contribution in [0.1, 0.15) is 48.9 Å². The van der Waals surface area contributed by atoms with Gasteiger partial charge in [0.05, 0.1) is 28.9 Å². The van der Waals surface area contributed by atoms with Crippen LogP contribution in [0, 0.1) is 23.2 Å². The third-order valence-corrected chi connectivity index (χ3v) is 7.98. The fourth-order valence-electron chi connectivity index (χ4n) is 6.36. The Morgan fingerprint density at radius 2 is 1.50 bits per heavy atom. The van der Waals surface area contributed by atoms with Gasteiger partial charge in [-0.25, -0.2) is 0 Å². The molecule has 0 spiro atoms. The van der Waals surface area contributed by atoms with Crippen molar-refractivity contribution in [3.8, 4) is 5.75 Å². The van der Waals surface area contributed by atoms with Crippen LogP contribution in [0.5, 0.6) is 5.75 Å². The third kappa shape index (κ3) is 3.97. The van der Waals surface area contributed by atoms with E-state index in [2.05, 4.69) is 10.6 Å². The molecule has 0 unspecified atom stereocenters. The number of benzene rings is 2. The van der Waals surface area contributed by atoms with Gasteiger partial charge in [0.2, 0.25) is 5.91 Å². The molecule has 0 radical (unpaired) electrons. The van der Waals surface area contributed by atoms with Crippen LogP contribution in [-0.4, -0.2) is 18.9 Å². The van der Waals surface area contributed by atoms with Crippen LogP contribution >= 0.6 is 23.2 Å². The van der Waals surface area contributed by atoms with Gasteiger partial charge in [-0.1, -0.05) is 23.2 Å². The molecule has 2 aromatic rings. The Bertz CT molecular complexity index is 1030. The maximum absolute atomic E-state index is 13.4. The first-order valence-corrected chi connectivity index (χ1v) is 11.9. The summed E-state index contributed by atoms with van der Waals surface area (Å²) in [6.45, 7) is 0. The zero-order valence-corrected chi connectivity index (χ0v) is 19.4. The normalized spacial score (nSPS) is 27.8. The van der Waals surface area contributed by atoms with Crippen molar-refractivity contribution in [3.05, 3.63) is 52.0 Å². The molecular formula is C25H26Cl2N2O3. The number of amides is 2. The molecule has 4 aliphatic rings. The van der Waals surface area contributed by atoms with Crippen molar-refractivity contribution >= 4 is 46.4 Å². The quantitative estimate of drug-likeness (QED) is 0.528. The number of carbonyl (C=O) groups is 2. The molecule has 0 atom stereocenters. The predicted octanol–water partition coefficient (Wildman–Crippen LogP) is 6.41. The molecule has 2 amide bonds. The van der Waals surface area contributed by atoms with Crippen molar-refractivity contribution in [2.45, 2.75) is 38.5 Å². The summed E-state index contributed by atoms with van der Waals surface area (Å²) in [6, 6.07) is 9.89. The maximum atomic E-state index is 13.4. The van der Waals surface area contributed by atoms with Crippen LogP contribution in [-0.2, 0) is 4.79 Å². The topological polar surface area (TPSA) is 67.4 Å². The Morgan fingerprint density at radius 1 is 0.906 bits per heavy atom. The molecule has 0 heterocycles. The van der Waals surface area contributed by atoms with Crippen molar-refractivity contribution in [2.24, 2.45) is 23.2 Å². The number of anilines is 2. The molecule has 168 valence electrons. The summed E-state index contributed by atoms with van der Waals surface area (Å²) in [5.41, 5.74) is 1.14. The van der Waals surface area contributed by atoms with Crippen LogP contribution < -0.4 is 15.4 Å². The van der Waals surface area contributed by atoms with Gasteiger partial charge in [0.1, 0.15) is 5.75 Å². The lowest BCUT2D eigenvalue weighted by Crippen LogP contribution is -2.51. The standard InChI is InChI=1S/C25H26Cl2N2O3/c1-32-22-10-20(28-23(30)17-2-4-18(26)5-3-17)19(27)9-21(22)29-24(31)25-11-14-6-15(12-25)8-16(7-14)13-25/h2-5,9-10,14-16H,6-8,11-13H2,1H3,(H,28,30)(H,29,31). The lowest BCUT2D eigenvalue weighted by Gasteiger charge is -2.55. The van der Waals surface area contributed by atoms with Crippen LogP contribution in [0.25, 0.3) is 0 Å². The smallest absolute Gasteiger partial charge is 0.255 e. The average molecular weight is 473 g/mol. The molecule has 32 heavy (non-hydrogen) atoms. The molecule has 4 fully saturated rings. The summed E-state index contributed by atoms with van der Waals surface area (Å²) in [5.74, 6) is 2.27. The molecule has 4 aliphatic carbocycles. The first-order chi connectivity index (χ1) is 15.3. The molecule has 0 saturated heterocycles. The van der Waals surface area contributed by atoms with Crippen LogP contribution in [0.15, 0.2) is 36.4 Å². The van der Waals surface area contributed by atoms with Gasteiger partial charge in [-0.2, -0.15) is 0 Å². The number of carbonyl (C=O) groups excluding carboxylic acids is 2. The number of methoxy groups -OCH3 is 1. The van der Waals surface area contributed by atoms with E-state index in [0.29, 0.717) is 50.5 Å². The molecular weight excluding hydrogens is 447 g/mol. The maximum Gasteiger partial charge on any atom is 0.255 e. The van der Waals surface area contributed by atoms with Crippen LogP contribution in [0.3, 0.4) is 0 Å². The van der Waals surface area contributed by atoms with E-state index in [9.17, 15) is 9.59 Å². The first kappa shape index (κ1) is 21.6. The lowest BCUT2D eigenvalue weighted by atomic mass is 9.49. The van der Waals surface area contributed by atoms with Crippen molar-refractivity contribution in [1.82, 2.24) is 0 Å². The second-order valence-corrected chi connectivity index (χ2v) is 10.5. The van der Waals surface area contributed by atoms with E-state index < -0.39 is 0 Å². The monoisotopic (exact) mass is 472 g/mol. The highest BCUT2D eigenvalue weighted by molar-refractivity contribution is 6.34. The van der Waals surface area contributed by atoms with Gasteiger partial charge < -0.3 is 15.4 Å². The minimum Gasteiger partial charge on any atom is -0.494 e. The van der Waals surface area contributed by atoms with Crippen molar-refractivity contribution in [3.63, 3.8) is 0 Å². The highest BCUT2D eigenvalue weighted by Gasteiger charge is 2.54. The summed E-state index contributed by atoms with van der Waals surface area (Å²) in [6.07, 6.45) is 6.79. The number of nitrogens with one attached hydrogen (secondary N) is 2. The number of hydrogen-bond acceptors (Lipinski definition) is 3. The largest absolute Gasteiger partial charge is 0.494 e. The highest BCUT2D eigenvalue weighted by atomic mass is 35.5. The molecule has 4 saturated carbocycles. The predicted molar refractivity (Wildman–Crippen MR) is 127 cm³/mol. The van der Waals surface area contributed by atoms with E-state index in [1.807, 2.05) is 0 Å². The summed E-state index contributed by atoms with van der Waals surface area (Å²) in [5, 5.41) is 6.79. The molecule has 4 bridgehead atoms. The molecule has 2 aromatic carbocycles. The van der Waals surface area contributed by atoms with E-state index in [-0.39, 0.29) is 17.2 Å². The van der Waals surface area contributed by atoms with E-state index in [4.69, 9.17) is 27.9 Å². The second-order valence-electron chi connectivity index (χ2n) is 9.65. The minimum absolute atomic E-state index is 0.0731. The van der Waals surface area contributed by atoms with Gasteiger partial charge in [0.15, 0.2) is 0 Å². The Labute approximate surface area is 197 Å². The molecule has 7 heteroatoms. The summed E-state index contributed by atoms with van der Waals surface area (Å²) in [4.78, 5) is 26.0. The third-order valence-electron chi connectivity index (χ3n) is 7.41. The number of halogens is 2. The lowest BCUT2D eigenvalue weighted by molar-refractivity contribution is -0.140. The van der Waals surface area contributed by atoms with Gasteiger partial charge in [0.25, 0.3) is 5.91 Å². The minimum atomic E-state index is -0.309. The van der Waals surface area contributed by atoms with E-state index >= 15 is 0 Å². The van der Waals surface area contributed by atoms with E-state index in [0.717, 1.165) is 19.3 Å². The zero-order chi connectivity index (χ0) is 22.5. The summed E-state index contributed by atoms with van der Waals surface area (Å²) in [7, 11) is 1.54. The molecule has 2 N–H and O–H groups in total. The SMILES string of the molecule is COc1cc(NC(=O)c2ccc(Cl)cc2)c(Cl)cc1NC(=O)C12CC3CC(CC(C3)C1)C2. The van der Waals surface area contributed by atoms with Gasteiger partial charge in [-0.15, -0.1) is 0 Å². The van der Waals surface area contributed by atoms with Crippen LogP contribution in [0.2, 0.25) is 10.0 Å². The Morgan fingerprint density at radius 3 is 2.06 bits per heavy atom. The average Bonchev–Trinajstić information content (AvgIpc) is 2.75. The van der Waals surface area contributed by atoms with Gasteiger partial charge in [-0.3, -0.25) is 9.59 Å². The van der Waals surface area contributed by atoms with Crippen LogP contribution in [0.4, 0.5) is 11.4 Å². The van der Waals surface area contributed by atoms with Crippen molar-refractivity contribution in [1.29, 1.82) is 0 Å². The fourth-order valence-corrected chi connectivity index (χ4v) is 6.69. The first-order valence-electron chi connectivity index (χ1n) is 11.1. The van der Waals surface area contributed by atoms with Crippen molar-refractivity contribution < 1.29 is 14.3 Å². The summed E-state index contributed by atoms with van der Waals surface area (Å²) < 4.78 is 5.52. The molecule has 5 nitrogen and oxygen atoms in total. The van der Waals surface area contributed by atoms with E-state index in [1.54, 1.807) is 36.4 Å². The zero-order valence-electron chi connectivity index (χ0n) is 17.9. The van der Waals surface area contributed by atoms with Gasteiger partial charge >= 0.3 is 0 Å². The van der Waals surface area contributed by atoms with Gasteiger partial charge in [0, 0.05) is 16.7 Å². The molecule has 0 aliphatic heterocycles. The number of ether oxygens (including phenoxy) is 1. The van der Waals surface area contributed by atoms with Gasteiger partial charge in [-0.05, 0) is 86.6 Å². The Kier molecular flexibility index (Phi) is 5.58. The second kappa shape index (κ2) is 8.27. The number of rotatable bonds is 5. The highest BCUT2D eigenvalue weighted by Crippen LogP contribution is 2.60. The Hall–Kier alpha value is -2.24. The Balaban J connectivity index is 1.35. The number of hydrogen-bond donors (Lipinski definition) is 2. The van der Waals surface area contributed by atoms with E-state index in [1.165, 1.54) is 26.4 Å². The fraction of sp³-hybridized carbons (Fsp3) is 0.440. The molecule has 0 aromatic heterocycles.